The van der Waals surface area contributed by atoms with Crippen LogP contribution in [-0.4, -0.2) is 47.6 Å². The smallest absolute Gasteiger partial charge is 0.370 e. The maximum Gasteiger partial charge on any atom is 0.433 e. The fraction of sp³-hybridized carbons (Fsp3) is 0.440. The van der Waals surface area contributed by atoms with Gasteiger partial charge in [0, 0.05) is 25.2 Å². The third-order valence-electron chi connectivity index (χ3n) is 5.83. The molecule has 0 spiro atoms. The number of hydrogen-bond donors (Lipinski definition) is 3. The van der Waals surface area contributed by atoms with Gasteiger partial charge < -0.3 is 21.3 Å². The Balaban J connectivity index is 0.000000973. The van der Waals surface area contributed by atoms with Crippen LogP contribution >= 0.6 is 11.6 Å². The molecule has 1 aliphatic rings. The molecule has 0 saturated carbocycles. The van der Waals surface area contributed by atoms with Gasteiger partial charge in [-0.25, -0.2) is 4.98 Å². The number of nitrogens with one attached hydrogen (secondary N) is 2. The average molecular weight is 650 g/mol. The lowest BCUT2D eigenvalue weighted by atomic mass is 9.97. The van der Waals surface area contributed by atoms with Gasteiger partial charge in [0.15, 0.2) is 0 Å². The van der Waals surface area contributed by atoms with Crippen molar-refractivity contribution in [3.63, 3.8) is 0 Å². The van der Waals surface area contributed by atoms with Crippen LogP contribution in [-0.2, 0) is 20.6 Å². The van der Waals surface area contributed by atoms with Crippen LogP contribution in [0.4, 0.5) is 56.7 Å². The number of carbonyl (C=O) groups excluding carboxylic acids is 3. The van der Waals surface area contributed by atoms with E-state index in [0.717, 1.165) is 19.1 Å². The van der Waals surface area contributed by atoms with Gasteiger partial charge in [0.05, 0.1) is 22.9 Å². The molecule has 0 radical (unpaired) electrons. The van der Waals surface area contributed by atoms with Gasteiger partial charge in [-0.1, -0.05) is 30.7 Å². The number of hydrogen-bond acceptors (Lipinski definition) is 5. The van der Waals surface area contributed by atoms with E-state index in [9.17, 15) is 53.9 Å². The standard InChI is InChI=1S/C22H20ClF6N5O3.C3H5F3/c23-12-3-1-4-14-18(12)33-20(37)13(10-34(14)17-6-2-5-15(32-17)22(27,28)29)31-19(36)11(9-16(30)35)7-8-21(24,25)26;1-2-3(4,5)6/h1-6,11,13H,7-10H2,(H2,30,35)(H,31,36)(H,33,37);2H2,1H3. The Bertz CT molecular complexity index is 1300. The van der Waals surface area contributed by atoms with Crippen molar-refractivity contribution < 1.29 is 53.9 Å². The average Bonchev–Trinajstić information content (AvgIpc) is 3.02. The summed E-state index contributed by atoms with van der Waals surface area (Å²) in [6, 6.07) is 5.96. The molecule has 2 atom stereocenters. The summed E-state index contributed by atoms with van der Waals surface area (Å²) in [5.74, 6) is -4.66. The summed E-state index contributed by atoms with van der Waals surface area (Å²) < 4.78 is 110. The zero-order valence-electron chi connectivity index (χ0n) is 22.1. The number of halogens is 10. The molecule has 18 heteroatoms. The quantitative estimate of drug-likeness (QED) is 0.313. The molecule has 0 aliphatic carbocycles. The maximum atomic E-state index is 13.3. The molecule has 4 N–H and O–H groups in total. The normalized spacial score (nSPS) is 16.2. The number of amides is 3. The number of carbonyl (C=O) groups is 3. The van der Waals surface area contributed by atoms with Crippen LogP contribution in [0, 0.1) is 5.92 Å². The van der Waals surface area contributed by atoms with Gasteiger partial charge in [-0.2, -0.15) is 39.5 Å². The molecule has 3 amide bonds. The van der Waals surface area contributed by atoms with Crippen molar-refractivity contribution in [2.24, 2.45) is 11.7 Å². The number of anilines is 3. The molecule has 1 aliphatic heterocycles. The van der Waals surface area contributed by atoms with E-state index in [-0.39, 0.29) is 22.2 Å². The third-order valence-corrected chi connectivity index (χ3v) is 6.14. The molecule has 2 unspecified atom stereocenters. The molecule has 3 rings (SSSR count). The van der Waals surface area contributed by atoms with Crippen LogP contribution < -0.4 is 21.3 Å². The molecule has 8 nitrogen and oxygen atoms in total. The highest BCUT2D eigenvalue weighted by molar-refractivity contribution is 6.34. The second-order valence-electron chi connectivity index (χ2n) is 9.16. The lowest BCUT2D eigenvalue weighted by molar-refractivity contribution is -0.143. The number of benzene rings is 1. The molecule has 0 saturated heterocycles. The Hall–Kier alpha value is -3.76. The minimum atomic E-state index is -4.78. The predicted octanol–water partition coefficient (Wildman–Crippen LogP) is 6.12. The highest BCUT2D eigenvalue weighted by atomic mass is 35.5. The number of nitrogens with two attached hydrogens (primary N) is 1. The summed E-state index contributed by atoms with van der Waals surface area (Å²) in [7, 11) is 0. The van der Waals surface area contributed by atoms with Gasteiger partial charge in [-0.3, -0.25) is 14.4 Å². The zero-order valence-corrected chi connectivity index (χ0v) is 22.9. The van der Waals surface area contributed by atoms with E-state index < -0.39 is 86.1 Å². The Morgan fingerprint density at radius 2 is 1.67 bits per heavy atom. The van der Waals surface area contributed by atoms with Crippen LogP contribution in [0.15, 0.2) is 36.4 Å². The SMILES string of the molecule is CCC(F)(F)F.NC(=O)CC(CCC(F)(F)F)C(=O)NC1CN(c2cccc(C(F)(F)F)n2)c2cccc(Cl)c2NC1=O. The first-order valence-corrected chi connectivity index (χ1v) is 12.7. The number of primary amides is 1. The summed E-state index contributed by atoms with van der Waals surface area (Å²) in [5.41, 5.74) is 4.04. The highest BCUT2D eigenvalue weighted by Gasteiger charge is 2.37. The molecule has 0 bridgehead atoms. The van der Waals surface area contributed by atoms with Crippen LogP contribution in [0.5, 0.6) is 0 Å². The van der Waals surface area contributed by atoms with Crippen molar-refractivity contribution in [3.8, 4) is 0 Å². The second-order valence-corrected chi connectivity index (χ2v) is 9.57. The highest BCUT2D eigenvalue weighted by Crippen LogP contribution is 2.39. The van der Waals surface area contributed by atoms with Crippen LogP contribution in [0.2, 0.25) is 5.02 Å². The van der Waals surface area contributed by atoms with Crippen molar-refractivity contribution in [3.05, 3.63) is 47.1 Å². The molecule has 2 heterocycles. The lowest BCUT2D eigenvalue weighted by Crippen LogP contribution is -2.50. The molecule has 1 aromatic heterocycles. The number of pyridine rings is 1. The largest absolute Gasteiger partial charge is 0.433 e. The van der Waals surface area contributed by atoms with Gasteiger partial charge in [0.1, 0.15) is 17.6 Å². The van der Waals surface area contributed by atoms with E-state index in [0.29, 0.717) is 0 Å². The molecular weight excluding hydrogens is 625 g/mol. The summed E-state index contributed by atoms with van der Waals surface area (Å²) in [4.78, 5) is 41.9. The number of nitrogens with zero attached hydrogens (tertiary/aromatic N) is 2. The molecule has 0 fully saturated rings. The van der Waals surface area contributed by atoms with Crippen LogP contribution in [0.25, 0.3) is 0 Å². The number of fused-ring (bicyclic) bond motifs is 1. The third kappa shape index (κ3) is 11.1. The minimum Gasteiger partial charge on any atom is -0.370 e. The fourth-order valence-electron chi connectivity index (χ4n) is 3.69. The monoisotopic (exact) mass is 649 g/mol. The van der Waals surface area contributed by atoms with E-state index >= 15 is 0 Å². The van der Waals surface area contributed by atoms with E-state index in [4.69, 9.17) is 17.3 Å². The Morgan fingerprint density at radius 1 is 1.07 bits per heavy atom. The van der Waals surface area contributed by atoms with Crippen molar-refractivity contribution in [1.29, 1.82) is 0 Å². The molecule has 2 aromatic rings. The molecular formula is C25H25ClF9N5O3. The fourth-order valence-corrected chi connectivity index (χ4v) is 3.91. The first-order valence-electron chi connectivity index (χ1n) is 12.3. The zero-order chi connectivity index (χ0) is 32.8. The predicted molar refractivity (Wildman–Crippen MR) is 137 cm³/mol. The first-order chi connectivity index (χ1) is 19.7. The van der Waals surface area contributed by atoms with Gasteiger partial charge in [-0.15, -0.1) is 0 Å². The van der Waals surface area contributed by atoms with Crippen LogP contribution in [0.3, 0.4) is 0 Å². The van der Waals surface area contributed by atoms with Crippen molar-refractivity contribution >= 4 is 46.5 Å². The number of aromatic nitrogens is 1. The van der Waals surface area contributed by atoms with Crippen molar-refractivity contribution in [2.75, 3.05) is 16.8 Å². The second kappa shape index (κ2) is 14.1. The Labute approximate surface area is 243 Å². The summed E-state index contributed by atoms with van der Waals surface area (Å²) >= 11 is 6.19. The number of para-hydroxylation sites is 1. The maximum absolute atomic E-state index is 13.3. The van der Waals surface area contributed by atoms with Gasteiger partial charge >= 0.3 is 18.5 Å². The molecule has 1 aromatic carbocycles. The number of rotatable bonds is 7. The topological polar surface area (TPSA) is 117 Å². The first kappa shape index (κ1) is 35.4. The van der Waals surface area contributed by atoms with Gasteiger partial charge in [0.25, 0.3) is 0 Å². The molecule has 43 heavy (non-hydrogen) atoms. The van der Waals surface area contributed by atoms with Gasteiger partial charge in [-0.05, 0) is 30.7 Å². The Kier molecular flexibility index (Phi) is 11.7. The number of alkyl halides is 9. The van der Waals surface area contributed by atoms with E-state index in [1.54, 1.807) is 0 Å². The minimum absolute atomic E-state index is 0.0240. The summed E-state index contributed by atoms with van der Waals surface area (Å²) in [6.45, 7) is 0.627. The van der Waals surface area contributed by atoms with Crippen molar-refractivity contribution in [2.45, 2.75) is 57.2 Å². The van der Waals surface area contributed by atoms with Crippen molar-refractivity contribution in [1.82, 2.24) is 10.3 Å². The lowest BCUT2D eigenvalue weighted by Gasteiger charge is -2.27. The van der Waals surface area contributed by atoms with Crippen LogP contribution in [0.1, 0.15) is 38.3 Å². The van der Waals surface area contributed by atoms with Gasteiger partial charge in [0.2, 0.25) is 17.7 Å². The van der Waals surface area contributed by atoms with E-state index in [2.05, 4.69) is 15.6 Å². The summed E-state index contributed by atoms with van der Waals surface area (Å²) in [5, 5.41) is 4.80. The van der Waals surface area contributed by atoms with E-state index in [1.807, 2.05) is 0 Å². The Morgan fingerprint density at radius 3 is 2.21 bits per heavy atom. The molecule has 238 valence electrons. The van der Waals surface area contributed by atoms with E-state index in [1.165, 1.54) is 29.2 Å². The summed E-state index contributed by atoms with van der Waals surface area (Å²) in [6.07, 6.45) is -16.9.